The van der Waals surface area contributed by atoms with Crippen LogP contribution in [0.25, 0.3) is 0 Å². The number of hydrogen-bond acceptors (Lipinski definition) is 2. The van der Waals surface area contributed by atoms with Gasteiger partial charge in [0.15, 0.2) is 0 Å². The lowest BCUT2D eigenvalue weighted by atomic mass is 10.3. The Morgan fingerprint density at radius 2 is 1.86 bits per heavy atom. The maximum absolute atomic E-state index is 11.0. The lowest BCUT2D eigenvalue weighted by Crippen LogP contribution is -1.90. The molecule has 72 valence electrons. The highest BCUT2D eigenvalue weighted by atomic mass is 35.5. The van der Waals surface area contributed by atoms with Crippen LogP contribution >= 0.6 is 11.6 Å². The molecule has 0 radical (unpaired) electrons. The Morgan fingerprint density at radius 3 is 2.43 bits per heavy atom. The summed E-state index contributed by atoms with van der Waals surface area (Å²) in [7, 11) is 0. The van der Waals surface area contributed by atoms with E-state index in [2.05, 4.69) is 4.99 Å². The fourth-order valence-corrected chi connectivity index (χ4v) is 1.61. The van der Waals surface area contributed by atoms with Crippen molar-refractivity contribution < 1.29 is 4.79 Å². The van der Waals surface area contributed by atoms with E-state index < -0.39 is 0 Å². The number of halogens is 1. The highest BCUT2D eigenvalue weighted by Crippen LogP contribution is 2.20. The largest absolute Gasteiger partial charge is 0.299 e. The summed E-state index contributed by atoms with van der Waals surface area (Å²) >= 11 is 5.75. The van der Waals surface area contributed by atoms with Crippen LogP contribution in [0.15, 0.2) is 29.3 Å². The standard InChI is InChI=1S/C11H10ClNO/c12-8-1-3-9(4-2-8)13-10-5-6-11(14)7-10/h1-4H,5-7H2. The summed E-state index contributed by atoms with van der Waals surface area (Å²) in [4.78, 5) is 15.4. The Hall–Kier alpha value is -1.15. The zero-order chi connectivity index (χ0) is 9.97. The maximum Gasteiger partial charge on any atom is 0.138 e. The van der Waals surface area contributed by atoms with Gasteiger partial charge in [-0.1, -0.05) is 11.6 Å². The van der Waals surface area contributed by atoms with Gasteiger partial charge >= 0.3 is 0 Å². The number of rotatable bonds is 1. The minimum Gasteiger partial charge on any atom is -0.299 e. The molecule has 1 saturated carbocycles. The summed E-state index contributed by atoms with van der Waals surface area (Å²) in [5, 5.41) is 0.705. The van der Waals surface area contributed by atoms with Crippen LogP contribution in [0.1, 0.15) is 19.3 Å². The van der Waals surface area contributed by atoms with Gasteiger partial charge in [-0.2, -0.15) is 0 Å². The number of aliphatic imine (C=N–C) groups is 1. The van der Waals surface area contributed by atoms with Gasteiger partial charge < -0.3 is 0 Å². The second-order valence-corrected chi connectivity index (χ2v) is 3.81. The van der Waals surface area contributed by atoms with Gasteiger partial charge in [-0.15, -0.1) is 0 Å². The van der Waals surface area contributed by atoms with Gasteiger partial charge in [0.25, 0.3) is 0 Å². The first-order valence-corrected chi connectivity index (χ1v) is 4.95. The van der Waals surface area contributed by atoms with Gasteiger partial charge in [-0.3, -0.25) is 9.79 Å². The summed E-state index contributed by atoms with van der Waals surface area (Å²) in [5.74, 6) is 0.290. The Labute approximate surface area is 87.6 Å². The van der Waals surface area contributed by atoms with E-state index in [1.807, 2.05) is 12.1 Å². The monoisotopic (exact) mass is 207 g/mol. The molecule has 0 amide bonds. The third kappa shape index (κ3) is 2.20. The highest BCUT2D eigenvalue weighted by Gasteiger charge is 2.16. The molecule has 2 rings (SSSR count). The maximum atomic E-state index is 11.0. The van der Waals surface area contributed by atoms with Crippen LogP contribution in [0.3, 0.4) is 0 Å². The van der Waals surface area contributed by atoms with Crippen molar-refractivity contribution in [2.45, 2.75) is 19.3 Å². The zero-order valence-corrected chi connectivity index (χ0v) is 8.42. The van der Waals surface area contributed by atoms with Gasteiger partial charge in [0, 0.05) is 23.6 Å². The Bertz CT molecular complexity index is 381. The number of carbonyl (C=O) groups is 1. The van der Waals surface area contributed by atoms with E-state index in [-0.39, 0.29) is 5.78 Å². The first kappa shape index (κ1) is 9.41. The third-order valence-electron chi connectivity index (χ3n) is 2.21. The fraction of sp³-hybridized carbons (Fsp3) is 0.273. The van der Waals surface area contributed by atoms with E-state index >= 15 is 0 Å². The molecule has 1 aromatic carbocycles. The molecule has 2 nitrogen and oxygen atoms in total. The topological polar surface area (TPSA) is 29.4 Å². The van der Waals surface area contributed by atoms with E-state index in [4.69, 9.17) is 11.6 Å². The number of nitrogens with zero attached hydrogens (tertiary/aromatic N) is 1. The second kappa shape index (κ2) is 3.93. The zero-order valence-electron chi connectivity index (χ0n) is 7.66. The first-order chi connectivity index (χ1) is 6.74. The smallest absolute Gasteiger partial charge is 0.138 e. The molecule has 0 spiro atoms. The minimum atomic E-state index is 0.290. The Balaban J connectivity index is 2.17. The minimum absolute atomic E-state index is 0.290. The van der Waals surface area contributed by atoms with Gasteiger partial charge in [-0.05, 0) is 30.7 Å². The predicted molar refractivity (Wildman–Crippen MR) is 57.4 cm³/mol. The molecule has 3 heteroatoms. The van der Waals surface area contributed by atoms with Gasteiger partial charge in [0.2, 0.25) is 0 Å². The summed E-state index contributed by atoms with van der Waals surface area (Å²) in [6.07, 6.45) is 1.97. The molecule has 1 aromatic rings. The molecular weight excluding hydrogens is 198 g/mol. The summed E-state index contributed by atoms with van der Waals surface area (Å²) in [5.41, 5.74) is 1.86. The summed E-state index contributed by atoms with van der Waals surface area (Å²) in [6.45, 7) is 0. The lowest BCUT2D eigenvalue weighted by Gasteiger charge is -1.96. The van der Waals surface area contributed by atoms with Crippen LogP contribution in [-0.4, -0.2) is 11.5 Å². The summed E-state index contributed by atoms with van der Waals surface area (Å²) < 4.78 is 0. The van der Waals surface area contributed by atoms with Gasteiger partial charge in [0.1, 0.15) is 5.78 Å². The van der Waals surface area contributed by atoms with Crippen LogP contribution in [-0.2, 0) is 4.79 Å². The Morgan fingerprint density at radius 1 is 1.14 bits per heavy atom. The second-order valence-electron chi connectivity index (χ2n) is 3.37. The van der Waals surface area contributed by atoms with Crippen LogP contribution in [0.5, 0.6) is 0 Å². The molecule has 1 fully saturated rings. The van der Waals surface area contributed by atoms with Crippen LogP contribution in [0, 0.1) is 0 Å². The lowest BCUT2D eigenvalue weighted by molar-refractivity contribution is -0.116. The molecule has 0 unspecified atom stereocenters. The van der Waals surface area contributed by atoms with Crippen LogP contribution in [0.4, 0.5) is 5.69 Å². The quantitative estimate of drug-likeness (QED) is 0.696. The van der Waals surface area contributed by atoms with E-state index in [1.54, 1.807) is 12.1 Å². The third-order valence-corrected chi connectivity index (χ3v) is 2.46. The molecule has 0 aromatic heterocycles. The molecule has 0 N–H and O–H groups in total. The molecule has 1 aliphatic carbocycles. The molecule has 0 atom stereocenters. The highest BCUT2D eigenvalue weighted by molar-refractivity contribution is 6.30. The van der Waals surface area contributed by atoms with Crippen molar-refractivity contribution in [2.24, 2.45) is 4.99 Å². The average Bonchev–Trinajstić information content (AvgIpc) is 2.56. The van der Waals surface area contributed by atoms with Gasteiger partial charge in [0.05, 0.1) is 5.69 Å². The molecule has 0 aliphatic heterocycles. The van der Waals surface area contributed by atoms with E-state index in [1.165, 1.54) is 0 Å². The van der Waals surface area contributed by atoms with Crippen LogP contribution in [0.2, 0.25) is 5.02 Å². The number of benzene rings is 1. The molecular formula is C11H10ClNO. The number of hydrogen-bond donors (Lipinski definition) is 0. The van der Waals surface area contributed by atoms with E-state index in [0.29, 0.717) is 17.9 Å². The number of carbonyl (C=O) groups excluding carboxylic acids is 1. The normalized spacial score (nSPS) is 19.2. The molecule has 14 heavy (non-hydrogen) atoms. The van der Waals surface area contributed by atoms with E-state index in [0.717, 1.165) is 17.8 Å². The van der Waals surface area contributed by atoms with Crippen molar-refractivity contribution in [3.05, 3.63) is 29.3 Å². The molecule has 0 heterocycles. The fourth-order valence-electron chi connectivity index (χ4n) is 1.48. The van der Waals surface area contributed by atoms with Crippen molar-refractivity contribution in [3.8, 4) is 0 Å². The van der Waals surface area contributed by atoms with Crippen molar-refractivity contribution in [1.29, 1.82) is 0 Å². The number of Topliss-reactive ketones (excluding diaryl/α,β-unsaturated/α-hetero) is 1. The predicted octanol–water partition coefficient (Wildman–Crippen LogP) is 3.17. The SMILES string of the molecule is O=C1CCC(=Nc2ccc(Cl)cc2)C1. The van der Waals surface area contributed by atoms with Crippen LogP contribution < -0.4 is 0 Å². The van der Waals surface area contributed by atoms with Crippen molar-refractivity contribution in [1.82, 2.24) is 0 Å². The van der Waals surface area contributed by atoms with Gasteiger partial charge in [-0.25, -0.2) is 0 Å². The first-order valence-electron chi connectivity index (χ1n) is 4.58. The Kier molecular flexibility index (Phi) is 2.64. The number of ketones is 1. The summed E-state index contributed by atoms with van der Waals surface area (Å²) in [6, 6.07) is 7.33. The molecule has 1 aliphatic rings. The molecule has 0 saturated heterocycles. The van der Waals surface area contributed by atoms with Crippen molar-refractivity contribution in [3.63, 3.8) is 0 Å². The average molecular weight is 208 g/mol. The molecule has 0 bridgehead atoms. The van der Waals surface area contributed by atoms with Crippen molar-refractivity contribution >= 4 is 28.8 Å². The van der Waals surface area contributed by atoms with E-state index in [9.17, 15) is 4.79 Å². The van der Waals surface area contributed by atoms with Crippen molar-refractivity contribution in [2.75, 3.05) is 0 Å².